The minimum Gasteiger partial charge on any atom is -0.444 e. The zero-order valence-corrected chi connectivity index (χ0v) is 17.6. The third kappa shape index (κ3) is 4.09. The van der Waals surface area contributed by atoms with Crippen LogP contribution in [0.3, 0.4) is 0 Å². The van der Waals surface area contributed by atoms with Gasteiger partial charge in [0.25, 0.3) is 0 Å². The normalized spacial score (nSPS) is 24.1. The number of hydroxylamine groups is 2. The number of nitrogens with zero attached hydrogens (tertiary/aromatic N) is 4. The van der Waals surface area contributed by atoms with Crippen LogP contribution in [0.4, 0.5) is 9.59 Å². The summed E-state index contributed by atoms with van der Waals surface area (Å²) in [6, 6.07) is 1.27. The number of nitrogens with one attached hydrogen (secondary N) is 1. The Hall–Kier alpha value is -2.75. The number of urea groups is 1. The van der Waals surface area contributed by atoms with Crippen molar-refractivity contribution in [2.24, 2.45) is 5.92 Å². The Labute approximate surface area is 175 Å². The molecule has 4 heterocycles. The summed E-state index contributed by atoms with van der Waals surface area (Å²) >= 11 is 0. The fraction of sp³-hybridized carbons (Fsp3) is 0.650. The lowest BCUT2D eigenvalue weighted by molar-refractivity contribution is -0.0584. The standard InChI is InChI=1S/C20H29N5O5/c1-12(21-18(26)29-20(2,3)4)23-9-13(10-23)7-15-8-16(22-30-15)17-6-5-14-11-24(17)19(27)25(14)28/h8,13-14,17,28H,1,5-7,9-11H2,2-4H3,(H,21,26)/t14-,17+/m1/s1. The predicted octanol–water partition coefficient (Wildman–Crippen LogP) is 2.48. The van der Waals surface area contributed by atoms with Gasteiger partial charge in [0.05, 0.1) is 12.1 Å². The maximum atomic E-state index is 12.2. The second kappa shape index (κ2) is 7.50. The average molecular weight is 419 g/mol. The maximum absolute atomic E-state index is 12.2. The summed E-state index contributed by atoms with van der Waals surface area (Å²) in [5, 5.41) is 17.5. The zero-order valence-electron chi connectivity index (χ0n) is 17.6. The molecular formula is C20H29N5O5. The summed E-state index contributed by atoms with van der Waals surface area (Å²) in [4.78, 5) is 27.6. The first-order valence-corrected chi connectivity index (χ1v) is 10.3. The fourth-order valence-electron chi connectivity index (χ4n) is 4.24. The zero-order chi connectivity index (χ0) is 21.6. The molecular weight excluding hydrogens is 390 g/mol. The van der Waals surface area contributed by atoms with Gasteiger partial charge in [-0.15, -0.1) is 0 Å². The van der Waals surface area contributed by atoms with Crippen molar-refractivity contribution in [3.8, 4) is 0 Å². The molecule has 0 saturated carbocycles. The van der Waals surface area contributed by atoms with E-state index in [1.165, 1.54) is 0 Å². The molecule has 30 heavy (non-hydrogen) atoms. The van der Waals surface area contributed by atoms with Crippen LogP contribution in [0.1, 0.15) is 51.1 Å². The van der Waals surface area contributed by atoms with E-state index in [2.05, 4.69) is 17.1 Å². The molecule has 3 aliphatic rings. The third-order valence-corrected chi connectivity index (χ3v) is 5.74. The Kier molecular flexibility index (Phi) is 5.13. The van der Waals surface area contributed by atoms with E-state index >= 15 is 0 Å². The molecule has 164 valence electrons. The summed E-state index contributed by atoms with van der Waals surface area (Å²) in [6.45, 7) is 11.4. The van der Waals surface area contributed by atoms with Crippen LogP contribution >= 0.6 is 0 Å². The summed E-state index contributed by atoms with van der Waals surface area (Å²) in [6.07, 6.45) is 1.71. The van der Waals surface area contributed by atoms with Crippen LogP contribution in [0.25, 0.3) is 0 Å². The van der Waals surface area contributed by atoms with Gasteiger partial charge in [0.1, 0.15) is 22.9 Å². The summed E-state index contributed by atoms with van der Waals surface area (Å²) in [7, 11) is 0. The molecule has 2 bridgehead atoms. The number of piperidine rings is 1. The monoisotopic (exact) mass is 419 g/mol. The van der Waals surface area contributed by atoms with Gasteiger partial charge in [0, 0.05) is 38.0 Å². The largest absolute Gasteiger partial charge is 0.444 e. The van der Waals surface area contributed by atoms with Crippen molar-refractivity contribution >= 4 is 12.1 Å². The molecule has 3 aliphatic heterocycles. The molecule has 10 heteroatoms. The van der Waals surface area contributed by atoms with Gasteiger partial charge >= 0.3 is 12.1 Å². The van der Waals surface area contributed by atoms with E-state index in [1.54, 1.807) is 4.90 Å². The Morgan fingerprint density at radius 3 is 2.80 bits per heavy atom. The van der Waals surface area contributed by atoms with E-state index in [4.69, 9.17) is 9.26 Å². The molecule has 10 nitrogen and oxygen atoms in total. The first kappa shape index (κ1) is 20.5. The van der Waals surface area contributed by atoms with Crippen molar-refractivity contribution in [2.45, 2.75) is 57.7 Å². The molecule has 0 spiro atoms. The summed E-state index contributed by atoms with van der Waals surface area (Å²) in [5.41, 5.74) is 0.180. The van der Waals surface area contributed by atoms with Gasteiger partial charge in [0.15, 0.2) is 0 Å². The van der Waals surface area contributed by atoms with Crippen LogP contribution in [0.15, 0.2) is 23.0 Å². The minimum atomic E-state index is -0.555. The van der Waals surface area contributed by atoms with Gasteiger partial charge in [-0.05, 0) is 33.6 Å². The summed E-state index contributed by atoms with van der Waals surface area (Å²) in [5.74, 6) is 1.66. The molecule has 2 N–H and O–H groups in total. The van der Waals surface area contributed by atoms with Crippen molar-refractivity contribution in [1.82, 2.24) is 25.3 Å². The highest BCUT2D eigenvalue weighted by molar-refractivity contribution is 5.76. The fourth-order valence-corrected chi connectivity index (χ4v) is 4.24. The number of amides is 3. The molecule has 0 unspecified atom stereocenters. The van der Waals surface area contributed by atoms with Gasteiger partial charge in [-0.2, -0.15) is 0 Å². The first-order chi connectivity index (χ1) is 14.1. The van der Waals surface area contributed by atoms with E-state index in [1.807, 2.05) is 31.7 Å². The second-order valence-corrected chi connectivity index (χ2v) is 9.29. The number of carbonyl (C=O) groups excluding carboxylic acids is 2. The molecule has 3 fully saturated rings. The van der Waals surface area contributed by atoms with E-state index in [0.29, 0.717) is 18.3 Å². The molecule has 3 saturated heterocycles. The Balaban J connectivity index is 1.26. The highest BCUT2D eigenvalue weighted by atomic mass is 16.6. The Bertz CT molecular complexity index is 841. The van der Waals surface area contributed by atoms with Gasteiger partial charge < -0.3 is 19.1 Å². The van der Waals surface area contributed by atoms with Gasteiger partial charge in [-0.3, -0.25) is 10.5 Å². The van der Waals surface area contributed by atoms with Crippen LogP contribution in [-0.2, 0) is 11.2 Å². The van der Waals surface area contributed by atoms with Crippen molar-refractivity contribution in [3.63, 3.8) is 0 Å². The molecule has 3 amide bonds. The highest BCUT2D eigenvalue weighted by Gasteiger charge is 2.45. The smallest absolute Gasteiger partial charge is 0.413 e. The number of ether oxygens (including phenoxy) is 1. The number of hydrogen-bond acceptors (Lipinski definition) is 7. The highest BCUT2D eigenvalue weighted by Crippen LogP contribution is 2.37. The van der Waals surface area contributed by atoms with E-state index in [-0.39, 0.29) is 18.1 Å². The lowest BCUT2D eigenvalue weighted by Gasteiger charge is -2.41. The molecule has 0 radical (unpaired) electrons. The van der Waals surface area contributed by atoms with E-state index in [0.717, 1.165) is 48.9 Å². The van der Waals surface area contributed by atoms with E-state index in [9.17, 15) is 14.8 Å². The Morgan fingerprint density at radius 2 is 2.10 bits per heavy atom. The number of alkyl carbamates (subject to hydrolysis) is 1. The molecule has 4 rings (SSSR count). The SMILES string of the molecule is C=C(NC(=O)OC(C)(C)C)N1CC(Cc2cc([C@@H]3CC[C@@H]4CN3C(=O)N4O)no2)C1. The van der Waals surface area contributed by atoms with Gasteiger partial charge in [-0.1, -0.05) is 11.7 Å². The van der Waals surface area contributed by atoms with Gasteiger partial charge in [-0.25, -0.2) is 14.7 Å². The van der Waals surface area contributed by atoms with Crippen molar-refractivity contribution in [1.29, 1.82) is 0 Å². The molecule has 1 aromatic rings. The first-order valence-electron chi connectivity index (χ1n) is 10.3. The van der Waals surface area contributed by atoms with E-state index < -0.39 is 11.7 Å². The number of likely N-dealkylation sites (tertiary alicyclic amines) is 1. The molecule has 1 aromatic heterocycles. The number of fused-ring (bicyclic) bond motifs is 2. The van der Waals surface area contributed by atoms with Crippen LogP contribution < -0.4 is 5.32 Å². The van der Waals surface area contributed by atoms with Crippen molar-refractivity contribution in [2.75, 3.05) is 19.6 Å². The molecule has 0 aromatic carbocycles. The molecule has 2 atom stereocenters. The number of carbonyl (C=O) groups is 2. The average Bonchev–Trinajstić information content (AvgIpc) is 3.16. The van der Waals surface area contributed by atoms with Crippen LogP contribution in [0.2, 0.25) is 0 Å². The summed E-state index contributed by atoms with van der Waals surface area (Å²) < 4.78 is 10.8. The van der Waals surface area contributed by atoms with Crippen LogP contribution in [-0.4, -0.2) is 68.6 Å². The van der Waals surface area contributed by atoms with Crippen molar-refractivity contribution in [3.05, 3.63) is 29.9 Å². The van der Waals surface area contributed by atoms with Crippen LogP contribution in [0, 0.1) is 5.92 Å². The maximum Gasteiger partial charge on any atom is 0.413 e. The topological polar surface area (TPSA) is 111 Å². The van der Waals surface area contributed by atoms with Gasteiger partial charge in [0.2, 0.25) is 0 Å². The predicted molar refractivity (Wildman–Crippen MR) is 105 cm³/mol. The Morgan fingerprint density at radius 1 is 1.37 bits per heavy atom. The lowest BCUT2D eigenvalue weighted by Crippen LogP contribution is -2.50. The number of rotatable bonds is 5. The lowest BCUT2D eigenvalue weighted by atomic mass is 9.94. The number of hydrogen-bond donors (Lipinski definition) is 2. The quantitative estimate of drug-likeness (QED) is 0.705. The van der Waals surface area contributed by atoms with Crippen LogP contribution in [0.5, 0.6) is 0 Å². The second-order valence-electron chi connectivity index (χ2n) is 9.29. The third-order valence-electron chi connectivity index (χ3n) is 5.74. The van der Waals surface area contributed by atoms with Crippen molar-refractivity contribution < 1.29 is 24.1 Å². The molecule has 0 aliphatic carbocycles. The minimum absolute atomic E-state index is 0.122. The number of aromatic nitrogens is 1.